The third-order valence-electron chi connectivity index (χ3n) is 0. The van der Waals surface area contributed by atoms with Crippen molar-refractivity contribution in [1.82, 2.24) is 0 Å². The summed E-state index contributed by atoms with van der Waals surface area (Å²) < 4.78 is 0. The van der Waals surface area contributed by atoms with Crippen LogP contribution in [0.15, 0.2) is 0 Å². The van der Waals surface area contributed by atoms with Crippen LogP contribution in [0.5, 0.6) is 0 Å². The Morgan fingerprint density at radius 2 is 0.222 bits per heavy atom. The molecule has 0 atom stereocenters. The van der Waals surface area contributed by atoms with E-state index >= 15 is 0 Å². The SMILES string of the molecule is [Bi].[Bi].[Bi].[Bi].[K].[K].[K].[K].[K]. The summed E-state index contributed by atoms with van der Waals surface area (Å²) in [6.45, 7) is 0. The molecular formula is Bi4K5. The maximum absolute atomic E-state index is 0. The van der Waals surface area contributed by atoms with Crippen LogP contribution >= 0.6 is 0 Å². The quantitative estimate of drug-likeness (QED) is 0.222. The fourth-order valence-electron chi connectivity index (χ4n) is 0. The van der Waals surface area contributed by atoms with Crippen LogP contribution in [-0.4, -0.2) is 362 Å². The van der Waals surface area contributed by atoms with Crippen molar-refractivity contribution in [1.29, 1.82) is 0 Å². The van der Waals surface area contributed by atoms with Crippen LogP contribution < -0.4 is 0 Å². The molecule has 0 saturated carbocycles. The zero-order valence-corrected chi connectivity index (χ0v) is 36.3. The van der Waals surface area contributed by atoms with Crippen LogP contribution in [-0.2, 0) is 0 Å². The molecule has 0 aromatic rings. The summed E-state index contributed by atoms with van der Waals surface area (Å²) in [6, 6.07) is 0. The summed E-state index contributed by atoms with van der Waals surface area (Å²) >= 11 is 0. The molecule has 0 spiro atoms. The first-order valence-corrected chi connectivity index (χ1v) is 0. The maximum atomic E-state index is 0. The maximum Gasteiger partial charge on any atom is 0 e. The molecule has 0 N–H and O–H groups in total. The van der Waals surface area contributed by atoms with Crippen LogP contribution in [0, 0.1) is 0 Å². The molecule has 0 amide bonds. The molecule has 0 unspecified atom stereocenters. The monoisotopic (exact) mass is 1030 g/mol. The Balaban J connectivity index is 0. The van der Waals surface area contributed by atoms with Crippen molar-refractivity contribution in [2.24, 2.45) is 0 Å². The fraction of sp³-hybridized carbons (Fsp3) is 0. The molecule has 0 saturated heterocycles. The van der Waals surface area contributed by atoms with E-state index in [1.54, 1.807) is 0 Å². The Morgan fingerprint density at radius 1 is 0.222 bits per heavy atom. The first-order valence-electron chi connectivity index (χ1n) is 0. The topological polar surface area (TPSA) is 0 Å². The van der Waals surface area contributed by atoms with Crippen molar-refractivity contribution in [3.8, 4) is 0 Å². The molecule has 9 heavy (non-hydrogen) atoms. The standard InChI is InChI=1S/4Bi.5K. The van der Waals surface area contributed by atoms with Gasteiger partial charge in [-0.1, -0.05) is 0 Å². The van der Waals surface area contributed by atoms with Gasteiger partial charge in [0.15, 0.2) is 0 Å². The van der Waals surface area contributed by atoms with Gasteiger partial charge >= 0.3 is 0 Å². The van der Waals surface area contributed by atoms with Crippen LogP contribution in [0.4, 0.5) is 0 Å². The van der Waals surface area contributed by atoms with Crippen LogP contribution in [0.1, 0.15) is 0 Å². The Kier molecular flexibility index (Phi) is 328. The van der Waals surface area contributed by atoms with Gasteiger partial charge in [0.2, 0.25) is 0 Å². The number of hydrogen-bond acceptors (Lipinski definition) is 0. The predicted octanol–water partition coefficient (Wildman–Crippen LogP) is -3.43. The number of hydrogen-bond donors (Lipinski definition) is 0. The third kappa shape index (κ3) is 45.1. The summed E-state index contributed by atoms with van der Waals surface area (Å²) in [5.41, 5.74) is 0. The summed E-state index contributed by atoms with van der Waals surface area (Å²) in [6.07, 6.45) is 0. The van der Waals surface area contributed by atoms with Crippen molar-refractivity contribution < 1.29 is 0 Å². The second-order valence-electron chi connectivity index (χ2n) is 0. The predicted molar refractivity (Wildman–Crippen MR) is 51.8 cm³/mol. The average Bonchev–Trinajstić information content (AvgIpc) is 0. The van der Waals surface area contributed by atoms with Gasteiger partial charge in [-0.3, -0.25) is 0 Å². The summed E-state index contributed by atoms with van der Waals surface area (Å²) in [5, 5.41) is 0. The van der Waals surface area contributed by atoms with Gasteiger partial charge in [-0.05, 0) is 0 Å². The molecule has 25 valence electrons. The normalized spacial score (nSPS) is 0. The molecular weight excluding hydrogens is 1030 g/mol. The Labute approximate surface area is 347 Å². The third-order valence-corrected chi connectivity index (χ3v) is 0. The zero-order valence-electron chi connectivity index (χ0n) is 6.79. The van der Waals surface area contributed by atoms with Gasteiger partial charge in [-0.15, -0.1) is 0 Å². The molecule has 0 aromatic carbocycles. The minimum Gasteiger partial charge on any atom is 0 e. The Bertz CT molecular complexity index is 8.92. The van der Waals surface area contributed by atoms with Gasteiger partial charge in [-0.2, -0.15) is 0 Å². The molecule has 0 aromatic heterocycles. The largest absolute Gasteiger partial charge is 0 e. The molecule has 0 nitrogen and oxygen atoms in total. The molecule has 0 heterocycles. The van der Waals surface area contributed by atoms with Crippen LogP contribution in [0.2, 0.25) is 0 Å². The van der Waals surface area contributed by atoms with Crippen molar-refractivity contribution in [3.05, 3.63) is 0 Å². The van der Waals surface area contributed by atoms with Gasteiger partial charge in [-0.25, -0.2) is 0 Å². The van der Waals surface area contributed by atoms with E-state index in [0.717, 1.165) is 0 Å². The van der Waals surface area contributed by atoms with Gasteiger partial charge in [0.1, 0.15) is 0 Å². The van der Waals surface area contributed by atoms with Gasteiger partial charge in [0, 0.05) is 362 Å². The van der Waals surface area contributed by atoms with E-state index in [9.17, 15) is 0 Å². The van der Waals surface area contributed by atoms with Gasteiger partial charge in [0.05, 0.1) is 0 Å². The van der Waals surface area contributed by atoms with Crippen molar-refractivity contribution in [3.63, 3.8) is 0 Å². The van der Waals surface area contributed by atoms with E-state index < -0.39 is 0 Å². The molecule has 0 rings (SSSR count). The molecule has 0 aliphatic rings. The molecule has 0 aliphatic heterocycles. The molecule has 17 radical (unpaired) electrons. The van der Waals surface area contributed by atoms with Crippen LogP contribution in [0.3, 0.4) is 0 Å². The second-order valence-corrected chi connectivity index (χ2v) is 0. The summed E-state index contributed by atoms with van der Waals surface area (Å²) in [5.74, 6) is 0. The summed E-state index contributed by atoms with van der Waals surface area (Å²) in [4.78, 5) is 0. The minimum atomic E-state index is 0. The Morgan fingerprint density at radius 3 is 0.222 bits per heavy atom. The van der Waals surface area contributed by atoms with Crippen LogP contribution in [0.25, 0.3) is 0 Å². The van der Waals surface area contributed by atoms with E-state index in [1.165, 1.54) is 0 Å². The molecule has 0 bridgehead atoms. The van der Waals surface area contributed by atoms with Crippen molar-refractivity contribution >= 4 is 362 Å². The molecule has 0 aliphatic carbocycles. The smallest absolute Gasteiger partial charge is 0 e. The van der Waals surface area contributed by atoms with Crippen molar-refractivity contribution in [2.45, 2.75) is 0 Å². The first kappa shape index (κ1) is 58.7. The first-order chi connectivity index (χ1) is 0. The van der Waals surface area contributed by atoms with Gasteiger partial charge < -0.3 is 0 Å². The van der Waals surface area contributed by atoms with Gasteiger partial charge in [0.25, 0.3) is 0 Å². The van der Waals surface area contributed by atoms with E-state index in [2.05, 4.69) is 0 Å². The van der Waals surface area contributed by atoms with E-state index in [-0.39, 0.29) is 362 Å². The summed E-state index contributed by atoms with van der Waals surface area (Å²) in [7, 11) is 0. The Hall–Kier alpha value is 11.7. The zero-order chi connectivity index (χ0) is 0. The minimum absolute atomic E-state index is 0. The number of rotatable bonds is 0. The molecule has 0 fully saturated rings. The van der Waals surface area contributed by atoms with Crippen molar-refractivity contribution in [2.75, 3.05) is 0 Å². The van der Waals surface area contributed by atoms with E-state index in [4.69, 9.17) is 0 Å². The van der Waals surface area contributed by atoms with E-state index in [0.29, 0.717) is 0 Å². The second kappa shape index (κ2) is 50.3. The fourth-order valence-corrected chi connectivity index (χ4v) is 0. The molecule has 9 heteroatoms. The average molecular weight is 1030 g/mol. The van der Waals surface area contributed by atoms with E-state index in [1.807, 2.05) is 0 Å².